The van der Waals surface area contributed by atoms with Crippen LogP contribution >= 0.6 is 8.17 Å². The van der Waals surface area contributed by atoms with Crippen LogP contribution in [0.5, 0.6) is 5.75 Å². The monoisotopic (exact) mass is 549 g/mol. The van der Waals surface area contributed by atoms with Gasteiger partial charge in [0.25, 0.3) is 0 Å². The number of nitrogens with two attached hydrogens (primary N) is 2. The van der Waals surface area contributed by atoms with Crippen LogP contribution in [0.1, 0.15) is 56.7 Å². The molecule has 1 rings (SSSR count). The first-order valence-corrected chi connectivity index (χ1v) is 14.2. The molecule has 0 bridgehead atoms. The van der Waals surface area contributed by atoms with Crippen molar-refractivity contribution >= 4 is 25.9 Å². The normalized spacial score (nSPS) is 12.5. The van der Waals surface area contributed by atoms with Crippen LogP contribution in [0.4, 0.5) is 4.39 Å². The van der Waals surface area contributed by atoms with E-state index in [9.17, 15) is 18.8 Å². The average molecular weight is 550 g/mol. The molecule has 0 spiro atoms. The molecule has 0 aromatic heterocycles. The predicted octanol–water partition coefficient (Wildman–Crippen LogP) is 0.172. The van der Waals surface area contributed by atoms with Gasteiger partial charge in [0.2, 0.25) is 11.8 Å². The molecule has 0 aliphatic heterocycles. The molecule has 3 amide bonds. The maximum absolute atomic E-state index is 14.6. The first-order valence-electron chi connectivity index (χ1n) is 12.4. The van der Waals surface area contributed by atoms with Crippen molar-refractivity contribution in [3.63, 3.8) is 0 Å². The van der Waals surface area contributed by atoms with Gasteiger partial charge in [-0.25, -0.2) is 0 Å². The summed E-state index contributed by atoms with van der Waals surface area (Å²) in [5.41, 5.74) is 10.8. The Labute approximate surface area is 217 Å². The van der Waals surface area contributed by atoms with Crippen LogP contribution in [-0.4, -0.2) is 76.6 Å². The summed E-state index contributed by atoms with van der Waals surface area (Å²) in [5, 5.41) is 5.29. The van der Waals surface area contributed by atoms with Crippen molar-refractivity contribution in [1.82, 2.24) is 15.5 Å². The first-order chi connectivity index (χ1) is 17.6. The Morgan fingerprint density at radius 3 is 2.11 bits per heavy atom. The molecule has 0 heterocycles. The van der Waals surface area contributed by atoms with Gasteiger partial charge in [0, 0.05) is 39.0 Å². The van der Waals surface area contributed by atoms with Crippen molar-refractivity contribution in [2.45, 2.75) is 51.1 Å². The summed E-state index contributed by atoms with van der Waals surface area (Å²) in [4.78, 5) is 65.0. The van der Waals surface area contributed by atoms with E-state index >= 15 is 0 Å². The van der Waals surface area contributed by atoms with Gasteiger partial charge >= 0.3 is 128 Å². The van der Waals surface area contributed by atoms with Gasteiger partial charge in [-0.2, -0.15) is 0 Å². The summed E-state index contributed by atoms with van der Waals surface area (Å²) >= 11 is 0. The second kappa shape index (κ2) is 17.9. The molecule has 1 aromatic rings. The summed E-state index contributed by atoms with van der Waals surface area (Å²) in [6.07, 6.45) is 1.77. The van der Waals surface area contributed by atoms with E-state index in [1.54, 1.807) is 4.90 Å². The van der Waals surface area contributed by atoms with Crippen LogP contribution in [-0.2, 0) is 14.4 Å². The van der Waals surface area contributed by atoms with Gasteiger partial charge in [0.15, 0.2) is 0 Å². The summed E-state index contributed by atoms with van der Waals surface area (Å²) in [7, 11) is -4.93. The summed E-state index contributed by atoms with van der Waals surface area (Å²) < 4.78 is 19.2. The van der Waals surface area contributed by atoms with E-state index in [1.807, 2.05) is 0 Å². The molecule has 0 radical (unpaired) electrons. The molecule has 0 fully saturated rings. The maximum atomic E-state index is 14.6. The van der Waals surface area contributed by atoms with E-state index in [1.165, 1.54) is 24.3 Å². The van der Waals surface area contributed by atoms with Crippen molar-refractivity contribution in [2.75, 3.05) is 39.3 Å². The quantitative estimate of drug-likeness (QED) is 0.0928. The van der Waals surface area contributed by atoms with Crippen LogP contribution in [0.25, 0.3) is 0 Å². The Balaban J connectivity index is 2.17. The van der Waals surface area contributed by atoms with Crippen LogP contribution in [0, 0.1) is 0 Å². The second-order valence-corrected chi connectivity index (χ2v) is 9.80. The molecule has 1 unspecified atom stereocenters. The minimum absolute atomic E-state index is 0.0587. The number of benzene rings is 1. The van der Waals surface area contributed by atoms with Crippen molar-refractivity contribution in [2.24, 2.45) is 11.5 Å². The van der Waals surface area contributed by atoms with E-state index in [-0.39, 0.29) is 42.5 Å². The average Bonchev–Trinajstić information content (AvgIpc) is 2.84. The molecular formula is C23H41FN5O7P. The van der Waals surface area contributed by atoms with Crippen molar-refractivity contribution in [3.8, 4) is 5.75 Å². The van der Waals surface area contributed by atoms with E-state index in [0.29, 0.717) is 45.6 Å². The van der Waals surface area contributed by atoms with E-state index in [2.05, 4.69) is 15.2 Å². The fourth-order valence-corrected chi connectivity index (χ4v) is 4.00. The van der Waals surface area contributed by atoms with Crippen molar-refractivity contribution < 1.29 is 38.0 Å². The first kappa shape index (κ1) is 32.6. The van der Waals surface area contributed by atoms with Gasteiger partial charge in [-0.15, -0.1) is 0 Å². The van der Waals surface area contributed by atoms with Crippen LogP contribution < -0.4 is 26.6 Å². The number of nitrogens with zero attached hydrogens (tertiary/aromatic N) is 1. The third-order valence-corrected chi connectivity index (χ3v) is 5.83. The number of unbranched alkanes of at least 4 members (excludes halogenated alkanes) is 3. The molecule has 0 aliphatic carbocycles. The van der Waals surface area contributed by atoms with Gasteiger partial charge in [0.05, 0.1) is 0 Å². The standard InChI is InChI=1S/C23H41FN5O7P/c24-22(18-8-3-4-9-19(18)36-37(33,34)35)23(32)28-15-6-2-1-5-14-27-20(30)10-7-11-21(31)29(16-12-25)17-13-26/h3-4,8-9,22,33-35,37H,1-2,5-7,10-17,25-26H2,(H,27,30)(H,28,32). The van der Waals surface area contributed by atoms with Gasteiger partial charge in [-0.05, 0) is 6.42 Å². The number of nitrogens with one attached hydrogen (secondary N) is 2. The van der Waals surface area contributed by atoms with Crippen LogP contribution in [0.2, 0.25) is 0 Å². The van der Waals surface area contributed by atoms with Gasteiger partial charge in [-0.1, -0.05) is 0 Å². The third kappa shape index (κ3) is 14.2. The Kier molecular flexibility index (Phi) is 15.8. The van der Waals surface area contributed by atoms with Crippen molar-refractivity contribution in [3.05, 3.63) is 29.8 Å². The third-order valence-electron chi connectivity index (χ3n) is 5.34. The van der Waals surface area contributed by atoms with Gasteiger partial charge < -0.3 is 21.7 Å². The molecule has 12 nitrogen and oxygen atoms in total. The fraction of sp³-hybridized carbons (Fsp3) is 0.609. The topological polar surface area (TPSA) is 200 Å². The number of rotatable bonds is 19. The molecule has 0 aliphatic rings. The SMILES string of the molecule is NCCN(CCN)C(=O)CCCC(=O)NCCCCCCNC(=O)C(F)c1ccccc1O[PH](O)(O)O. The summed E-state index contributed by atoms with van der Waals surface area (Å²) in [6.45, 7) is 2.37. The molecule has 1 atom stereocenters. The number of hydrogen-bond acceptors (Lipinski definition) is 9. The van der Waals surface area contributed by atoms with Gasteiger partial charge in [0.1, 0.15) is 0 Å². The molecule has 9 N–H and O–H groups in total. The van der Waals surface area contributed by atoms with Crippen LogP contribution in [0.15, 0.2) is 24.3 Å². The van der Waals surface area contributed by atoms with E-state index in [0.717, 1.165) is 19.3 Å². The Bertz CT molecular complexity index is 838. The number of carbonyl (C=O) groups is 3. The van der Waals surface area contributed by atoms with Crippen LogP contribution in [0.3, 0.4) is 0 Å². The Morgan fingerprint density at radius 2 is 1.51 bits per heavy atom. The summed E-state index contributed by atoms with van der Waals surface area (Å²) in [5.74, 6) is -1.40. The predicted molar refractivity (Wildman–Crippen MR) is 139 cm³/mol. The number of halogens is 1. The number of carbonyl (C=O) groups excluding carboxylic acids is 3. The molecular weight excluding hydrogens is 508 g/mol. The number of alkyl halides is 1. The van der Waals surface area contributed by atoms with E-state index < -0.39 is 20.2 Å². The molecule has 212 valence electrons. The Morgan fingerprint density at radius 1 is 0.919 bits per heavy atom. The zero-order valence-electron chi connectivity index (χ0n) is 21.0. The molecule has 0 saturated heterocycles. The number of amides is 3. The van der Waals surface area contributed by atoms with Crippen molar-refractivity contribution in [1.29, 1.82) is 0 Å². The molecule has 1 aromatic carbocycles. The van der Waals surface area contributed by atoms with Gasteiger partial charge in [-0.3, -0.25) is 9.59 Å². The second-order valence-electron chi connectivity index (χ2n) is 8.44. The number of hydrogen-bond donors (Lipinski definition) is 7. The van der Waals surface area contributed by atoms with E-state index in [4.69, 9.17) is 26.1 Å². The summed E-state index contributed by atoms with van der Waals surface area (Å²) in [6, 6.07) is 5.37. The zero-order valence-corrected chi connectivity index (χ0v) is 22.0. The fourth-order valence-electron chi connectivity index (χ4n) is 3.52. The molecule has 0 saturated carbocycles. The Hall–Kier alpha value is -2.41. The zero-order chi connectivity index (χ0) is 27.7. The number of para-hydroxylation sites is 1. The minimum atomic E-state index is -4.93. The molecule has 37 heavy (non-hydrogen) atoms. The molecule has 14 heteroatoms.